The first-order valence-corrected chi connectivity index (χ1v) is 8.95. The normalized spacial score (nSPS) is 10.2. The highest BCUT2D eigenvalue weighted by Gasteiger charge is 2.17. The first-order chi connectivity index (χ1) is 13.7. The van der Waals surface area contributed by atoms with Crippen LogP contribution in [0.5, 0.6) is 0 Å². The molecule has 0 bridgehead atoms. The van der Waals surface area contributed by atoms with Gasteiger partial charge in [0.15, 0.2) is 0 Å². The minimum absolute atomic E-state index is 0.0424. The van der Waals surface area contributed by atoms with Gasteiger partial charge in [0.25, 0.3) is 11.6 Å². The highest BCUT2D eigenvalue weighted by Crippen LogP contribution is 2.29. The Morgan fingerprint density at radius 3 is 2.34 bits per heavy atom. The van der Waals surface area contributed by atoms with Gasteiger partial charge in [-0.2, -0.15) is 0 Å². The molecule has 0 aromatic heterocycles. The summed E-state index contributed by atoms with van der Waals surface area (Å²) in [7, 11) is 1.38. The number of hydrogen-bond donors (Lipinski definition) is 2. The largest absolute Gasteiger partial charge is 0.343 e. The van der Waals surface area contributed by atoms with Gasteiger partial charge >= 0.3 is 0 Å². The summed E-state index contributed by atoms with van der Waals surface area (Å²) in [5.74, 6) is -1.72. The van der Waals surface area contributed by atoms with Crippen LogP contribution in [-0.4, -0.2) is 47.7 Å². The topological polar surface area (TPSA) is 122 Å². The third-order valence-electron chi connectivity index (χ3n) is 3.75. The highest BCUT2D eigenvalue weighted by atomic mass is 35.5. The van der Waals surface area contributed by atoms with E-state index in [0.29, 0.717) is 0 Å². The fraction of sp³-hybridized carbons (Fsp3) is 0.167. The molecule has 0 radical (unpaired) electrons. The van der Waals surface area contributed by atoms with Crippen LogP contribution in [-0.2, 0) is 9.59 Å². The van der Waals surface area contributed by atoms with Crippen molar-refractivity contribution in [2.24, 2.45) is 0 Å². The molecule has 2 rings (SSSR count). The lowest BCUT2D eigenvalue weighted by atomic mass is 10.2. The van der Waals surface area contributed by atoms with Gasteiger partial charge in [-0.15, -0.1) is 0 Å². The van der Waals surface area contributed by atoms with Crippen molar-refractivity contribution in [3.8, 4) is 0 Å². The molecular formula is C18H16Cl2N4O5. The number of nitro benzene ring substituents is 1. The number of carbonyl (C=O) groups is 3. The first-order valence-electron chi connectivity index (χ1n) is 8.19. The number of para-hydroxylation sites is 1. The standard InChI is InChI=1S/C18H16Cl2N4O5/c1-23(10-15(25)22-17-13(19)6-3-7-14(17)20)16(26)9-21-18(27)11-4-2-5-12(8-11)24(28)29/h2-8H,9-10H2,1H3,(H,21,27)(H,22,25). The number of amides is 3. The Kier molecular flexibility index (Phi) is 7.52. The zero-order valence-electron chi connectivity index (χ0n) is 15.1. The molecule has 0 aliphatic heterocycles. The lowest BCUT2D eigenvalue weighted by Crippen LogP contribution is -2.41. The van der Waals surface area contributed by atoms with Crippen LogP contribution in [0, 0.1) is 10.1 Å². The van der Waals surface area contributed by atoms with E-state index < -0.39 is 29.2 Å². The molecule has 0 unspecified atom stereocenters. The number of likely N-dealkylation sites (N-methyl/N-ethyl adjacent to an activating group) is 1. The van der Waals surface area contributed by atoms with Crippen LogP contribution >= 0.6 is 23.2 Å². The van der Waals surface area contributed by atoms with Crippen LogP contribution < -0.4 is 10.6 Å². The maximum atomic E-state index is 12.1. The second kappa shape index (κ2) is 9.85. The van der Waals surface area contributed by atoms with E-state index in [1.165, 1.54) is 25.2 Å². The van der Waals surface area contributed by atoms with Crippen LogP contribution in [0.4, 0.5) is 11.4 Å². The molecule has 0 spiro atoms. The lowest BCUT2D eigenvalue weighted by Gasteiger charge is -2.18. The highest BCUT2D eigenvalue weighted by molar-refractivity contribution is 6.39. The number of nitro groups is 1. The van der Waals surface area contributed by atoms with Crippen molar-refractivity contribution in [3.63, 3.8) is 0 Å². The zero-order chi connectivity index (χ0) is 21.6. The van der Waals surface area contributed by atoms with E-state index in [9.17, 15) is 24.5 Å². The molecule has 0 aliphatic rings. The van der Waals surface area contributed by atoms with Gasteiger partial charge in [-0.05, 0) is 18.2 Å². The van der Waals surface area contributed by atoms with E-state index in [1.54, 1.807) is 18.2 Å². The number of rotatable bonds is 7. The molecule has 0 fully saturated rings. The number of halogens is 2. The average molecular weight is 439 g/mol. The van der Waals surface area contributed by atoms with Gasteiger partial charge in [-0.1, -0.05) is 35.3 Å². The number of nitrogens with zero attached hydrogens (tertiary/aromatic N) is 2. The summed E-state index contributed by atoms with van der Waals surface area (Å²) in [5, 5.41) is 16.2. The smallest absolute Gasteiger partial charge is 0.270 e. The second-order valence-electron chi connectivity index (χ2n) is 5.88. The summed E-state index contributed by atoms with van der Waals surface area (Å²) in [5.41, 5.74) is 0.0393. The van der Waals surface area contributed by atoms with E-state index in [-0.39, 0.29) is 33.5 Å². The summed E-state index contributed by atoms with van der Waals surface area (Å²) >= 11 is 12.0. The maximum absolute atomic E-state index is 12.1. The molecule has 9 nitrogen and oxygen atoms in total. The summed E-state index contributed by atoms with van der Waals surface area (Å²) in [6.45, 7) is -0.689. The predicted octanol–water partition coefficient (Wildman–Crippen LogP) is 2.73. The number of benzene rings is 2. The average Bonchev–Trinajstić information content (AvgIpc) is 2.68. The van der Waals surface area contributed by atoms with Crippen molar-refractivity contribution in [1.82, 2.24) is 10.2 Å². The molecule has 152 valence electrons. The number of carbonyl (C=O) groups excluding carboxylic acids is 3. The predicted molar refractivity (Wildman–Crippen MR) is 108 cm³/mol. The van der Waals surface area contributed by atoms with E-state index >= 15 is 0 Å². The van der Waals surface area contributed by atoms with E-state index in [2.05, 4.69) is 10.6 Å². The Bertz CT molecular complexity index is 947. The molecule has 0 atom stereocenters. The van der Waals surface area contributed by atoms with Crippen molar-refractivity contribution >= 4 is 52.3 Å². The molecule has 2 aromatic rings. The first kappa shape index (κ1) is 22.1. The number of non-ortho nitro benzene ring substituents is 1. The summed E-state index contributed by atoms with van der Waals surface area (Å²) in [4.78, 5) is 47.6. The Hall–Kier alpha value is -3.17. The van der Waals surface area contributed by atoms with Gasteiger partial charge in [-0.3, -0.25) is 24.5 Å². The molecule has 29 heavy (non-hydrogen) atoms. The van der Waals surface area contributed by atoms with Crippen molar-refractivity contribution in [3.05, 3.63) is 68.2 Å². The van der Waals surface area contributed by atoms with Gasteiger partial charge in [0.1, 0.15) is 0 Å². The van der Waals surface area contributed by atoms with Crippen molar-refractivity contribution in [2.75, 3.05) is 25.5 Å². The quantitative estimate of drug-likeness (QED) is 0.508. The number of hydrogen-bond acceptors (Lipinski definition) is 5. The van der Waals surface area contributed by atoms with Gasteiger partial charge in [0.2, 0.25) is 11.8 Å². The van der Waals surface area contributed by atoms with Crippen LogP contribution in [0.2, 0.25) is 10.0 Å². The van der Waals surface area contributed by atoms with Gasteiger partial charge in [-0.25, -0.2) is 0 Å². The Labute approximate surface area is 175 Å². The Morgan fingerprint density at radius 2 is 1.72 bits per heavy atom. The summed E-state index contributed by atoms with van der Waals surface area (Å²) in [6.07, 6.45) is 0. The number of nitrogens with one attached hydrogen (secondary N) is 2. The van der Waals surface area contributed by atoms with E-state index in [0.717, 1.165) is 11.0 Å². The molecule has 2 N–H and O–H groups in total. The fourth-order valence-corrected chi connectivity index (χ4v) is 2.75. The van der Waals surface area contributed by atoms with E-state index in [1.807, 2.05) is 0 Å². The van der Waals surface area contributed by atoms with Crippen LogP contribution in [0.3, 0.4) is 0 Å². The third-order valence-corrected chi connectivity index (χ3v) is 4.38. The Morgan fingerprint density at radius 1 is 1.10 bits per heavy atom. The number of anilines is 1. The second-order valence-corrected chi connectivity index (χ2v) is 6.70. The monoisotopic (exact) mass is 438 g/mol. The summed E-state index contributed by atoms with van der Waals surface area (Å²) in [6, 6.07) is 9.84. The van der Waals surface area contributed by atoms with Gasteiger partial charge in [0.05, 0.1) is 33.7 Å². The summed E-state index contributed by atoms with van der Waals surface area (Å²) < 4.78 is 0. The molecular weight excluding hydrogens is 423 g/mol. The van der Waals surface area contributed by atoms with Gasteiger partial charge in [0, 0.05) is 24.7 Å². The van der Waals surface area contributed by atoms with Crippen molar-refractivity contribution < 1.29 is 19.3 Å². The van der Waals surface area contributed by atoms with Crippen molar-refractivity contribution in [1.29, 1.82) is 0 Å². The van der Waals surface area contributed by atoms with Gasteiger partial charge < -0.3 is 15.5 Å². The molecule has 2 aromatic carbocycles. The molecule has 0 saturated heterocycles. The SMILES string of the molecule is CN(CC(=O)Nc1c(Cl)cccc1Cl)C(=O)CNC(=O)c1cccc([N+](=O)[O-])c1. The van der Waals surface area contributed by atoms with E-state index in [4.69, 9.17) is 23.2 Å². The molecule has 0 heterocycles. The third kappa shape index (κ3) is 6.16. The Balaban J connectivity index is 1.88. The molecule has 0 saturated carbocycles. The zero-order valence-corrected chi connectivity index (χ0v) is 16.7. The van der Waals surface area contributed by atoms with Crippen LogP contribution in [0.25, 0.3) is 0 Å². The van der Waals surface area contributed by atoms with Crippen molar-refractivity contribution in [2.45, 2.75) is 0 Å². The van der Waals surface area contributed by atoms with Crippen LogP contribution in [0.1, 0.15) is 10.4 Å². The van der Waals surface area contributed by atoms with Crippen LogP contribution in [0.15, 0.2) is 42.5 Å². The molecule has 3 amide bonds. The fourth-order valence-electron chi connectivity index (χ4n) is 2.25. The minimum Gasteiger partial charge on any atom is -0.343 e. The molecule has 0 aliphatic carbocycles. The molecule has 11 heteroatoms. The maximum Gasteiger partial charge on any atom is 0.270 e. The lowest BCUT2D eigenvalue weighted by molar-refractivity contribution is -0.384. The minimum atomic E-state index is -0.650.